The summed E-state index contributed by atoms with van der Waals surface area (Å²) in [5.74, 6) is -2.21. The summed E-state index contributed by atoms with van der Waals surface area (Å²) < 4.78 is 15.9. The van der Waals surface area contributed by atoms with Crippen LogP contribution in [0.1, 0.15) is 16.8 Å². The molecule has 0 saturated heterocycles. The van der Waals surface area contributed by atoms with Crippen LogP contribution < -0.4 is 11.1 Å². The molecule has 1 heterocycles. The molecule has 150 valence electrons. The van der Waals surface area contributed by atoms with Gasteiger partial charge in [0.15, 0.2) is 12.2 Å². The van der Waals surface area contributed by atoms with Crippen molar-refractivity contribution in [1.82, 2.24) is 4.57 Å². The predicted molar refractivity (Wildman–Crippen MR) is 102 cm³/mol. The number of methoxy groups -OCH3 is 1. The maximum absolute atomic E-state index is 11.9. The van der Waals surface area contributed by atoms with Crippen molar-refractivity contribution in [3.63, 3.8) is 0 Å². The van der Waals surface area contributed by atoms with Crippen LogP contribution in [0.2, 0.25) is 0 Å². The number of para-hydroxylation sites is 2. The Bertz CT molecular complexity index is 1100. The van der Waals surface area contributed by atoms with Crippen molar-refractivity contribution in [2.75, 3.05) is 19.0 Å². The molecule has 9 heteroatoms. The number of carbonyl (C=O) groups excluding carboxylic acids is 3. The fourth-order valence-corrected chi connectivity index (χ4v) is 2.65. The summed E-state index contributed by atoms with van der Waals surface area (Å²) in [6, 6.07) is 12.9. The average Bonchev–Trinajstić information content (AvgIpc) is 3.05. The average molecular weight is 398 g/mol. The third-order valence-corrected chi connectivity index (χ3v) is 4.07. The second kappa shape index (κ2) is 8.87. The van der Waals surface area contributed by atoms with Gasteiger partial charge in [-0.05, 0) is 36.4 Å². The molecule has 0 aliphatic rings. The van der Waals surface area contributed by atoms with E-state index in [9.17, 15) is 19.2 Å². The van der Waals surface area contributed by atoms with E-state index < -0.39 is 30.2 Å². The summed E-state index contributed by atoms with van der Waals surface area (Å²) in [4.78, 5) is 47.0. The van der Waals surface area contributed by atoms with Crippen molar-refractivity contribution >= 4 is 34.6 Å². The van der Waals surface area contributed by atoms with E-state index in [0.29, 0.717) is 22.4 Å². The van der Waals surface area contributed by atoms with E-state index in [1.807, 2.05) is 0 Å². The van der Waals surface area contributed by atoms with Gasteiger partial charge in [0.05, 0.1) is 24.6 Å². The standard InChI is InChI=1S/C20H18N2O7/c1-27-19(25)13-6-8-14(9-7-13)21-17(23)12-28-18(24)10-11-22-15-4-2-3-5-16(15)29-20(22)26/h2-9H,10-12H2,1H3,(H,21,23). The first-order valence-corrected chi connectivity index (χ1v) is 8.70. The predicted octanol–water partition coefficient (Wildman–Crippen LogP) is 1.95. The largest absolute Gasteiger partial charge is 0.465 e. The van der Waals surface area contributed by atoms with Gasteiger partial charge in [-0.15, -0.1) is 0 Å². The second-order valence-electron chi connectivity index (χ2n) is 6.02. The number of aryl methyl sites for hydroxylation is 1. The van der Waals surface area contributed by atoms with E-state index in [4.69, 9.17) is 9.15 Å². The van der Waals surface area contributed by atoms with Crippen LogP contribution in [0.25, 0.3) is 11.1 Å². The maximum atomic E-state index is 11.9. The SMILES string of the molecule is COC(=O)c1ccc(NC(=O)COC(=O)CCn2c(=O)oc3ccccc32)cc1. The number of amides is 1. The molecular formula is C20H18N2O7. The van der Waals surface area contributed by atoms with Gasteiger partial charge in [0.25, 0.3) is 5.91 Å². The number of fused-ring (bicyclic) bond motifs is 1. The Balaban J connectivity index is 1.47. The Morgan fingerprint density at radius 2 is 1.79 bits per heavy atom. The van der Waals surface area contributed by atoms with Crippen molar-refractivity contribution in [3.8, 4) is 0 Å². The lowest BCUT2D eigenvalue weighted by Crippen LogP contribution is -2.22. The molecule has 1 N–H and O–H groups in total. The molecular weight excluding hydrogens is 380 g/mol. The fourth-order valence-electron chi connectivity index (χ4n) is 2.65. The van der Waals surface area contributed by atoms with Crippen molar-refractivity contribution in [1.29, 1.82) is 0 Å². The number of aromatic nitrogens is 1. The lowest BCUT2D eigenvalue weighted by molar-refractivity contribution is -0.147. The molecule has 3 aromatic rings. The van der Waals surface area contributed by atoms with E-state index in [-0.39, 0.29) is 13.0 Å². The van der Waals surface area contributed by atoms with Crippen LogP contribution in [-0.2, 0) is 25.6 Å². The summed E-state index contributed by atoms with van der Waals surface area (Å²) in [5.41, 5.74) is 1.80. The zero-order valence-electron chi connectivity index (χ0n) is 15.5. The molecule has 0 spiro atoms. The smallest absolute Gasteiger partial charge is 0.419 e. The van der Waals surface area contributed by atoms with Crippen molar-refractivity contribution in [2.24, 2.45) is 0 Å². The van der Waals surface area contributed by atoms with Crippen LogP contribution in [0, 0.1) is 0 Å². The molecule has 0 fully saturated rings. The summed E-state index contributed by atoms with van der Waals surface area (Å²) in [6.07, 6.45) is -0.0927. The number of hydrogen-bond acceptors (Lipinski definition) is 7. The van der Waals surface area contributed by atoms with Gasteiger partial charge in [0.2, 0.25) is 0 Å². The molecule has 0 atom stereocenters. The highest BCUT2D eigenvalue weighted by atomic mass is 16.5. The third-order valence-electron chi connectivity index (χ3n) is 4.07. The van der Waals surface area contributed by atoms with E-state index >= 15 is 0 Å². The number of anilines is 1. The number of nitrogens with zero attached hydrogens (tertiary/aromatic N) is 1. The summed E-state index contributed by atoms with van der Waals surface area (Å²) >= 11 is 0. The van der Waals surface area contributed by atoms with Gasteiger partial charge in [-0.1, -0.05) is 12.1 Å². The van der Waals surface area contributed by atoms with Gasteiger partial charge >= 0.3 is 17.7 Å². The summed E-state index contributed by atoms with van der Waals surface area (Å²) in [5, 5.41) is 2.55. The first kappa shape index (κ1) is 19.9. The molecule has 0 aliphatic carbocycles. The number of nitrogens with one attached hydrogen (secondary N) is 1. The minimum absolute atomic E-state index is 0.0747. The van der Waals surface area contributed by atoms with Crippen LogP contribution in [0.5, 0.6) is 0 Å². The van der Waals surface area contributed by atoms with Gasteiger partial charge in [0, 0.05) is 12.2 Å². The Kier molecular flexibility index (Phi) is 6.08. The lowest BCUT2D eigenvalue weighted by Gasteiger charge is -2.07. The van der Waals surface area contributed by atoms with Gasteiger partial charge in [-0.3, -0.25) is 14.2 Å². The third kappa shape index (κ3) is 4.89. The van der Waals surface area contributed by atoms with Gasteiger partial charge < -0.3 is 19.2 Å². The normalized spacial score (nSPS) is 10.5. The number of carbonyl (C=O) groups is 3. The Labute approximate surface area is 164 Å². The highest BCUT2D eigenvalue weighted by Gasteiger charge is 2.13. The molecule has 0 bridgehead atoms. The monoisotopic (exact) mass is 398 g/mol. The lowest BCUT2D eigenvalue weighted by atomic mass is 10.2. The van der Waals surface area contributed by atoms with Crippen LogP contribution in [0.3, 0.4) is 0 Å². The quantitative estimate of drug-likeness (QED) is 0.605. The Hall–Kier alpha value is -3.88. The molecule has 0 saturated carbocycles. The molecule has 2 aromatic carbocycles. The first-order chi connectivity index (χ1) is 14.0. The van der Waals surface area contributed by atoms with Crippen LogP contribution in [0.15, 0.2) is 57.7 Å². The van der Waals surface area contributed by atoms with Crippen LogP contribution in [-0.4, -0.2) is 36.1 Å². The zero-order chi connectivity index (χ0) is 20.8. The number of oxazole rings is 1. The van der Waals surface area contributed by atoms with Gasteiger partial charge in [-0.25, -0.2) is 9.59 Å². The Morgan fingerprint density at radius 1 is 1.07 bits per heavy atom. The fraction of sp³-hybridized carbons (Fsp3) is 0.200. The van der Waals surface area contributed by atoms with Gasteiger partial charge in [0.1, 0.15) is 0 Å². The number of esters is 2. The minimum Gasteiger partial charge on any atom is -0.465 e. The van der Waals surface area contributed by atoms with Crippen LogP contribution >= 0.6 is 0 Å². The highest BCUT2D eigenvalue weighted by molar-refractivity contribution is 5.94. The van der Waals surface area contributed by atoms with E-state index in [1.54, 1.807) is 24.3 Å². The zero-order valence-corrected chi connectivity index (χ0v) is 15.5. The molecule has 9 nitrogen and oxygen atoms in total. The number of hydrogen-bond donors (Lipinski definition) is 1. The number of benzene rings is 2. The number of ether oxygens (including phenoxy) is 2. The van der Waals surface area contributed by atoms with Crippen molar-refractivity contribution in [3.05, 3.63) is 64.6 Å². The molecule has 0 radical (unpaired) electrons. The topological polar surface area (TPSA) is 117 Å². The molecule has 0 aliphatic heterocycles. The molecule has 1 aromatic heterocycles. The molecule has 0 unspecified atom stereocenters. The van der Waals surface area contributed by atoms with E-state index in [0.717, 1.165) is 0 Å². The minimum atomic E-state index is -0.627. The van der Waals surface area contributed by atoms with E-state index in [2.05, 4.69) is 10.1 Å². The highest BCUT2D eigenvalue weighted by Crippen LogP contribution is 2.12. The number of rotatable bonds is 7. The summed E-state index contributed by atoms with van der Waals surface area (Å²) in [7, 11) is 1.28. The maximum Gasteiger partial charge on any atom is 0.419 e. The second-order valence-corrected chi connectivity index (χ2v) is 6.02. The van der Waals surface area contributed by atoms with Crippen molar-refractivity contribution in [2.45, 2.75) is 13.0 Å². The van der Waals surface area contributed by atoms with E-state index in [1.165, 1.54) is 35.9 Å². The van der Waals surface area contributed by atoms with Crippen LogP contribution in [0.4, 0.5) is 5.69 Å². The van der Waals surface area contributed by atoms with Gasteiger partial charge in [-0.2, -0.15) is 0 Å². The summed E-state index contributed by atoms with van der Waals surface area (Å²) in [6.45, 7) is -0.399. The molecule has 1 amide bonds. The first-order valence-electron chi connectivity index (χ1n) is 8.70. The molecule has 3 rings (SSSR count). The Morgan fingerprint density at radius 3 is 2.52 bits per heavy atom. The van der Waals surface area contributed by atoms with Crippen molar-refractivity contribution < 1.29 is 28.3 Å². The molecule has 29 heavy (non-hydrogen) atoms.